The van der Waals surface area contributed by atoms with E-state index in [9.17, 15) is 0 Å². The second-order valence-corrected chi connectivity index (χ2v) is 10.2. The van der Waals surface area contributed by atoms with Crippen LogP contribution in [0.2, 0.25) is 0 Å². The van der Waals surface area contributed by atoms with Gasteiger partial charge in [-0.3, -0.25) is 0 Å². The van der Waals surface area contributed by atoms with Crippen molar-refractivity contribution in [1.82, 2.24) is 0 Å². The highest BCUT2D eigenvalue weighted by molar-refractivity contribution is 6.66. The molecule has 0 aliphatic heterocycles. The van der Waals surface area contributed by atoms with Crippen molar-refractivity contribution in [3.05, 3.63) is 59.2 Å². The molecule has 146 valence electrons. The van der Waals surface area contributed by atoms with Crippen LogP contribution in [0.3, 0.4) is 0 Å². The number of rotatable bonds is 7. The van der Waals surface area contributed by atoms with E-state index in [4.69, 9.17) is 34.8 Å². The van der Waals surface area contributed by atoms with Gasteiger partial charge in [0, 0.05) is 5.56 Å². The fourth-order valence-corrected chi connectivity index (χ4v) is 4.52. The normalized spacial score (nSPS) is 17.0. The maximum Gasteiger partial charge on any atom is 0.216 e. The van der Waals surface area contributed by atoms with Crippen LogP contribution in [0, 0.1) is 5.92 Å². The Balaban J connectivity index is 1.61. The summed E-state index contributed by atoms with van der Waals surface area (Å²) in [5.74, 6) is 0.869. The van der Waals surface area contributed by atoms with Gasteiger partial charge < -0.3 is 0 Å². The molecule has 0 bridgehead atoms. The summed E-state index contributed by atoms with van der Waals surface area (Å²) in [6.45, 7) is 2.28. The molecule has 1 aliphatic rings. The molecular formula is C24H29Cl3. The molecule has 0 fully saturated rings. The molecule has 2 aromatic carbocycles. The van der Waals surface area contributed by atoms with Crippen LogP contribution in [0.15, 0.2) is 42.5 Å². The minimum absolute atomic E-state index is 0.705. The standard InChI is InChI=1S/C24H29Cl3/c1-2-3-4-5-6-7-18-8-9-22-17-21(11-10-20(22)16-18)19-12-14-23(15-13-19)24(25,26)27/h10-15,17-18H,2-9,16H2,1H3. The van der Waals surface area contributed by atoms with Gasteiger partial charge in [-0.15, -0.1) is 0 Å². The van der Waals surface area contributed by atoms with Crippen LogP contribution in [-0.4, -0.2) is 0 Å². The number of aryl methyl sites for hydroxylation is 1. The average molecular weight is 424 g/mol. The molecule has 0 amide bonds. The van der Waals surface area contributed by atoms with Gasteiger partial charge >= 0.3 is 0 Å². The Morgan fingerprint density at radius 1 is 0.852 bits per heavy atom. The third kappa shape index (κ3) is 5.89. The van der Waals surface area contributed by atoms with Gasteiger partial charge in [-0.25, -0.2) is 0 Å². The Morgan fingerprint density at radius 3 is 2.26 bits per heavy atom. The lowest BCUT2D eigenvalue weighted by atomic mass is 9.80. The second-order valence-electron chi connectivity index (χ2n) is 7.87. The number of unbranched alkanes of at least 4 members (excludes halogenated alkanes) is 4. The Morgan fingerprint density at radius 2 is 1.56 bits per heavy atom. The summed E-state index contributed by atoms with van der Waals surface area (Å²) in [6.07, 6.45) is 12.1. The maximum absolute atomic E-state index is 5.96. The smallest absolute Gasteiger partial charge is 0.0784 e. The largest absolute Gasteiger partial charge is 0.216 e. The number of alkyl halides is 3. The number of hydrogen-bond acceptors (Lipinski definition) is 0. The molecule has 0 radical (unpaired) electrons. The molecule has 1 unspecified atom stereocenters. The molecule has 0 nitrogen and oxygen atoms in total. The minimum Gasteiger partial charge on any atom is -0.0784 e. The molecule has 0 spiro atoms. The predicted octanol–water partition coefficient (Wildman–Crippen LogP) is 8.65. The molecule has 27 heavy (non-hydrogen) atoms. The van der Waals surface area contributed by atoms with Crippen molar-refractivity contribution in [2.24, 2.45) is 5.92 Å². The molecule has 0 saturated carbocycles. The summed E-state index contributed by atoms with van der Waals surface area (Å²) in [4.78, 5) is 0. The van der Waals surface area contributed by atoms with Crippen molar-refractivity contribution in [3.63, 3.8) is 0 Å². The van der Waals surface area contributed by atoms with Crippen molar-refractivity contribution in [2.45, 2.75) is 68.5 Å². The fraction of sp³-hybridized carbons (Fsp3) is 0.500. The van der Waals surface area contributed by atoms with Crippen molar-refractivity contribution < 1.29 is 0 Å². The third-order valence-electron chi connectivity index (χ3n) is 5.80. The topological polar surface area (TPSA) is 0 Å². The van der Waals surface area contributed by atoms with E-state index in [0.717, 1.165) is 5.92 Å². The molecule has 0 saturated heterocycles. The molecule has 2 aromatic rings. The van der Waals surface area contributed by atoms with Crippen LogP contribution in [0.1, 0.15) is 68.6 Å². The van der Waals surface area contributed by atoms with Gasteiger partial charge in [-0.1, -0.05) is 123 Å². The number of fused-ring (bicyclic) bond motifs is 1. The molecule has 0 aromatic heterocycles. The van der Waals surface area contributed by atoms with Crippen LogP contribution in [0.5, 0.6) is 0 Å². The molecule has 0 heterocycles. The highest BCUT2D eigenvalue weighted by Crippen LogP contribution is 2.39. The van der Waals surface area contributed by atoms with E-state index in [1.807, 2.05) is 24.3 Å². The number of benzene rings is 2. The molecular weight excluding hydrogens is 395 g/mol. The van der Waals surface area contributed by atoms with Crippen molar-refractivity contribution in [2.75, 3.05) is 0 Å². The van der Waals surface area contributed by atoms with Crippen LogP contribution in [0.4, 0.5) is 0 Å². The van der Waals surface area contributed by atoms with Gasteiger partial charge in [0.2, 0.25) is 3.79 Å². The highest BCUT2D eigenvalue weighted by Gasteiger charge is 2.22. The lowest BCUT2D eigenvalue weighted by Gasteiger charge is -2.25. The molecule has 1 atom stereocenters. The molecule has 3 rings (SSSR count). The Labute approximate surface area is 179 Å². The number of halogens is 3. The summed E-state index contributed by atoms with van der Waals surface area (Å²) in [6, 6.07) is 14.8. The van der Waals surface area contributed by atoms with E-state index in [-0.39, 0.29) is 0 Å². The first kappa shape index (κ1) is 21.0. The van der Waals surface area contributed by atoms with Crippen LogP contribution < -0.4 is 0 Å². The average Bonchev–Trinajstić information content (AvgIpc) is 2.67. The van der Waals surface area contributed by atoms with E-state index in [0.29, 0.717) is 5.56 Å². The van der Waals surface area contributed by atoms with Crippen LogP contribution in [-0.2, 0) is 16.6 Å². The Hall–Kier alpha value is -0.690. The zero-order valence-corrected chi connectivity index (χ0v) is 18.4. The van der Waals surface area contributed by atoms with Gasteiger partial charge in [0.05, 0.1) is 0 Å². The summed E-state index contributed by atoms with van der Waals surface area (Å²) in [7, 11) is 0. The van der Waals surface area contributed by atoms with E-state index in [1.54, 1.807) is 5.56 Å². The van der Waals surface area contributed by atoms with Gasteiger partial charge in [0.1, 0.15) is 0 Å². The van der Waals surface area contributed by atoms with Gasteiger partial charge in [-0.05, 0) is 47.4 Å². The van der Waals surface area contributed by atoms with Gasteiger partial charge in [-0.2, -0.15) is 0 Å². The third-order valence-corrected chi connectivity index (χ3v) is 6.45. The highest BCUT2D eigenvalue weighted by atomic mass is 35.6. The van der Waals surface area contributed by atoms with Gasteiger partial charge in [0.25, 0.3) is 0 Å². The molecule has 1 aliphatic carbocycles. The molecule has 3 heteroatoms. The Kier molecular flexibility index (Phi) is 7.54. The van der Waals surface area contributed by atoms with Crippen LogP contribution >= 0.6 is 34.8 Å². The van der Waals surface area contributed by atoms with Crippen LogP contribution in [0.25, 0.3) is 11.1 Å². The first-order valence-electron chi connectivity index (χ1n) is 10.3. The first-order chi connectivity index (χ1) is 13.0. The monoisotopic (exact) mass is 422 g/mol. The van der Waals surface area contributed by atoms with E-state index in [2.05, 4.69) is 25.1 Å². The lowest BCUT2D eigenvalue weighted by Crippen LogP contribution is -2.14. The van der Waals surface area contributed by atoms with Gasteiger partial charge in [0.15, 0.2) is 0 Å². The van der Waals surface area contributed by atoms with Crippen molar-refractivity contribution in [1.29, 1.82) is 0 Å². The summed E-state index contributed by atoms with van der Waals surface area (Å²) < 4.78 is -1.36. The van der Waals surface area contributed by atoms with E-state index in [1.165, 1.54) is 74.5 Å². The first-order valence-corrected chi connectivity index (χ1v) is 11.4. The summed E-state index contributed by atoms with van der Waals surface area (Å²) in [5, 5.41) is 0. The Bertz CT molecular complexity index is 728. The predicted molar refractivity (Wildman–Crippen MR) is 120 cm³/mol. The lowest BCUT2D eigenvalue weighted by molar-refractivity contribution is 0.405. The minimum atomic E-state index is -1.36. The summed E-state index contributed by atoms with van der Waals surface area (Å²) >= 11 is 17.9. The SMILES string of the molecule is CCCCCCCC1CCc2cc(-c3ccc(C(Cl)(Cl)Cl)cc3)ccc2C1. The maximum atomic E-state index is 5.96. The zero-order valence-electron chi connectivity index (χ0n) is 16.1. The van der Waals surface area contributed by atoms with E-state index < -0.39 is 3.79 Å². The fourth-order valence-electron chi connectivity index (χ4n) is 4.14. The quantitative estimate of drug-likeness (QED) is 0.308. The van der Waals surface area contributed by atoms with Crippen molar-refractivity contribution in [3.8, 4) is 11.1 Å². The second kappa shape index (κ2) is 9.68. The summed E-state index contributed by atoms with van der Waals surface area (Å²) in [5.41, 5.74) is 6.19. The van der Waals surface area contributed by atoms with E-state index >= 15 is 0 Å². The zero-order chi connectivity index (χ0) is 19.3. The number of hydrogen-bond donors (Lipinski definition) is 0. The van der Waals surface area contributed by atoms with Crippen molar-refractivity contribution >= 4 is 34.8 Å². The molecule has 0 N–H and O–H groups in total.